The van der Waals surface area contributed by atoms with Crippen molar-refractivity contribution in [1.82, 2.24) is 5.32 Å². The van der Waals surface area contributed by atoms with Crippen molar-refractivity contribution < 1.29 is 33.7 Å². The van der Waals surface area contributed by atoms with Crippen LogP contribution in [0.25, 0.3) is 0 Å². The van der Waals surface area contributed by atoms with E-state index in [0.29, 0.717) is 0 Å². The van der Waals surface area contributed by atoms with E-state index in [1.54, 1.807) is 25.1 Å². The Morgan fingerprint density at radius 1 is 1.14 bits per heavy atom. The van der Waals surface area contributed by atoms with Crippen LogP contribution in [0.15, 0.2) is 60.7 Å². The van der Waals surface area contributed by atoms with Gasteiger partial charge in [-0.05, 0) is 29.8 Å². The molecule has 3 N–H and O–H groups in total. The molecule has 0 saturated carbocycles. The minimum atomic E-state index is -1.20. The Hall–Kier alpha value is -3.68. The third-order valence-electron chi connectivity index (χ3n) is 3.81. The summed E-state index contributed by atoms with van der Waals surface area (Å²) in [7, 11) is 0. The van der Waals surface area contributed by atoms with Gasteiger partial charge < -0.3 is 14.9 Å². The van der Waals surface area contributed by atoms with Crippen molar-refractivity contribution in [1.29, 1.82) is 0 Å². The van der Waals surface area contributed by atoms with E-state index < -0.39 is 41.6 Å². The number of carbonyl (C=O) groups excluding carboxylic acids is 2. The van der Waals surface area contributed by atoms with E-state index in [-0.39, 0.29) is 11.1 Å². The highest BCUT2D eigenvalue weighted by molar-refractivity contribution is 6.02. The monoisotopic (exact) mass is 387 g/mol. The summed E-state index contributed by atoms with van der Waals surface area (Å²) in [6.07, 6.45) is -0.0494. The van der Waals surface area contributed by atoms with Gasteiger partial charge in [0.05, 0.1) is 0 Å². The lowest BCUT2D eigenvalue weighted by Crippen LogP contribution is -2.33. The molecule has 0 heterocycles. The van der Waals surface area contributed by atoms with E-state index in [1.807, 2.05) is 0 Å². The number of amides is 2. The molecule has 7 nitrogen and oxygen atoms in total. The van der Waals surface area contributed by atoms with Gasteiger partial charge in [0, 0.05) is 17.6 Å². The number of carbonyl (C=O) groups is 3. The Morgan fingerprint density at radius 2 is 1.82 bits per heavy atom. The number of rotatable bonds is 6. The quantitative estimate of drug-likeness (QED) is 0.655. The molecular formula is C20H18FNO6. The topological polar surface area (TPSA) is 113 Å². The van der Waals surface area contributed by atoms with Crippen molar-refractivity contribution in [2.24, 2.45) is 5.92 Å². The lowest BCUT2D eigenvalue weighted by Gasteiger charge is -2.22. The van der Waals surface area contributed by atoms with E-state index in [0.717, 1.165) is 18.2 Å². The van der Waals surface area contributed by atoms with E-state index in [9.17, 15) is 23.9 Å². The van der Waals surface area contributed by atoms with Crippen molar-refractivity contribution >= 4 is 18.0 Å². The number of alkyl carbamates (subject to hydrolysis) is 1. The maximum Gasteiger partial charge on any atom is 0.414 e. The second kappa shape index (κ2) is 9.31. The first-order valence-electron chi connectivity index (χ1n) is 8.24. The van der Waals surface area contributed by atoms with Gasteiger partial charge >= 0.3 is 12.1 Å². The number of aromatic hydroxyl groups is 1. The van der Waals surface area contributed by atoms with Crippen molar-refractivity contribution in [3.63, 3.8) is 0 Å². The van der Waals surface area contributed by atoms with Crippen LogP contribution in [0, 0.1) is 11.7 Å². The van der Waals surface area contributed by atoms with E-state index in [1.165, 1.54) is 24.3 Å². The maximum absolute atomic E-state index is 13.7. The number of benzene rings is 2. The Balaban J connectivity index is 2.20. The maximum atomic E-state index is 13.7. The Labute approximate surface area is 160 Å². The van der Waals surface area contributed by atoms with Gasteiger partial charge in [0.25, 0.3) is 5.91 Å². The molecule has 0 saturated heterocycles. The highest BCUT2D eigenvalue weighted by Gasteiger charge is 2.24. The summed E-state index contributed by atoms with van der Waals surface area (Å²) >= 11 is 0. The first-order valence-corrected chi connectivity index (χ1v) is 8.24. The predicted octanol–water partition coefficient (Wildman–Crippen LogP) is 3.42. The number of imide groups is 1. The van der Waals surface area contributed by atoms with Crippen molar-refractivity contribution in [3.05, 3.63) is 77.6 Å². The van der Waals surface area contributed by atoms with Gasteiger partial charge in [-0.3, -0.25) is 10.1 Å². The molecule has 2 aromatic carbocycles. The molecule has 0 aromatic heterocycles. The molecule has 0 aliphatic heterocycles. The van der Waals surface area contributed by atoms with Crippen LogP contribution < -0.4 is 5.32 Å². The van der Waals surface area contributed by atoms with Crippen molar-refractivity contribution in [2.75, 3.05) is 0 Å². The van der Waals surface area contributed by atoms with Crippen LogP contribution in [0.3, 0.4) is 0 Å². The zero-order valence-corrected chi connectivity index (χ0v) is 14.8. The second-order valence-corrected chi connectivity index (χ2v) is 5.91. The summed E-state index contributed by atoms with van der Waals surface area (Å²) in [4.78, 5) is 35.0. The summed E-state index contributed by atoms with van der Waals surface area (Å²) in [5.74, 6) is -4.07. The summed E-state index contributed by atoms with van der Waals surface area (Å²) in [6, 6.07) is 11.4. The average Bonchev–Trinajstić information content (AvgIpc) is 2.67. The zero-order chi connectivity index (χ0) is 20.7. The summed E-state index contributed by atoms with van der Waals surface area (Å²) in [6.45, 7) is 1.56. The smallest absolute Gasteiger partial charge is 0.414 e. The minimum Gasteiger partial charge on any atom is -0.505 e. The van der Waals surface area contributed by atoms with Gasteiger partial charge in [0.2, 0.25) is 0 Å². The Kier molecular flexibility index (Phi) is 6.86. The SMILES string of the molecule is C[C@H](/C=C/C(=O)O)[C@@H](OC(=O)NC(=O)c1ccccc1)c1ccc(O)c(F)c1. The molecule has 0 aliphatic rings. The molecule has 2 rings (SSSR count). The number of aliphatic carboxylic acids is 1. The number of phenols is 1. The number of halogens is 1. The fourth-order valence-electron chi connectivity index (χ4n) is 2.41. The minimum absolute atomic E-state index is 0.181. The van der Waals surface area contributed by atoms with Crippen LogP contribution in [0.1, 0.15) is 28.9 Å². The first-order chi connectivity index (χ1) is 13.3. The number of nitrogens with one attached hydrogen (secondary N) is 1. The number of hydrogen-bond donors (Lipinski definition) is 3. The molecule has 28 heavy (non-hydrogen) atoms. The van der Waals surface area contributed by atoms with Crippen LogP contribution in [-0.2, 0) is 9.53 Å². The van der Waals surface area contributed by atoms with Crippen LogP contribution >= 0.6 is 0 Å². The molecule has 0 bridgehead atoms. The molecule has 8 heteroatoms. The molecule has 2 atom stereocenters. The molecule has 0 unspecified atom stereocenters. The first kappa shape index (κ1) is 20.6. The van der Waals surface area contributed by atoms with E-state index >= 15 is 0 Å². The van der Waals surface area contributed by atoms with E-state index in [4.69, 9.17) is 9.84 Å². The molecule has 0 spiro atoms. The number of hydrogen-bond acceptors (Lipinski definition) is 5. The molecule has 0 radical (unpaired) electrons. The van der Waals surface area contributed by atoms with Gasteiger partial charge in [0.15, 0.2) is 11.6 Å². The fourth-order valence-corrected chi connectivity index (χ4v) is 2.41. The number of carboxylic acid groups (broad SMARTS) is 1. The normalized spacial score (nSPS) is 12.9. The van der Waals surface area contributed by atoms with Gasteiger partial charge in [-0.15, -0.1) is 0 Å². The van der Waals surface area contributed by atoms with Gasteiger partial charge in [0.1, 0.15) is 6.10 Å². The second-order valence-electron chi connectivity index (χ2n) is 5.91. The van der Waals surface area contributed by atoms with Crippen molar-refractivity contribution in [3.8, 4) is 5.75 Å². The molecule has 0 aliphatic carbocycles. The summed E-state index contributed by atoms with van der Waals surface area (Å²) in [5, 5.41) is 20.2. The van der Waals surface area contributed by atoms with E-state index in [2.05, 4.69) is 5.32 Å². The molecule has 0 fully saturated rings. The highest BCUT2D eigenvalue weighted by Crippen LogP contribution is 2.30. The van der Waals surface area contributed by atoms with Crippen LogP contribution in [0.5, 0.6) is 5.75 Å². The van der Waals surface area contributed by atoms with Crippen LogP contribution in [0.4, 0.5) is 9.18 Å². The molecule has 2 aromatic rings. The van der Waals surface area contributed by atoms with Crippen LogP contribution in [-0.4, -0.2) is 28.2 Å². The number of ether oxygens (including phenoxy) is 1. The average molecular weight is 387 g/mol. The Morgan fingerprint density at radius 3 is 2.43 bits per heavy atom. The summed E-state index contributed by atoms with van der Waals surface area (Å²) in [5.41, 5.74) is 0.422. The number of phenolic OH excluding ortho intramolecular Hbond substituents is 1. The highest BCUT2D eigenvalue weighted by atomic mass is 19.1. The predicted molar refractivity (Wildman–Crippen MR) is 97.1 cm³/mol. The largest absolute Gasteiger partial charge is 0.505 e. The summed E-state index contributed by atoms with van der Waals surface area (Å²) < 4.78 is 19.0. The molecule has 146 valence electrons. The third kappa shape index (κ3) is 5.66. The lowest BCUT2D eigenvalue weighted by molar-refractivity contribution is -0.131. The molecule has 2 amide bonds. The number of carboxylic acids is 1. The van der Waals surface area contributed by atoms with Gasteiger partial charge in [-0.2, -0.15) is 0 Å². The van der Waals surface area contributed by atoms with Gasteiger partial charge in [-0.25, -0.2) is 14.0 Å². The third-order valence-corrected chi connectivity index (χ3v) is 3.81. The Bertz CT molecular complexity index is 897. The standard InChI is InChI=1S/C20H18FNO6/c1-12(7-10-17(24)25)18(14-8-9-16(23)15(21)11-14)28-20(27)22-19(26)13-5-3-2-4-6-13/h2-12,18,23H,1H3,(H,24,25)(H,22,26,27)/b10-7+/t12-,18-/m1/s1. The lowest BCUT2D eigenvalue weighted by atomic mass is 9.96. The zero-order valence-electron chi connectivity index (χ0n) is 14.8. The van der Waals surface area contributed by atoms with Crippen LogP contribution in [0.2, 0.25) is 0 Å². The molecular weight excluding hydrogens is 369 g/mol. The van der Waals surface area contributed by atoms with Crippen molar-refractivity contribution in [2.45, 2.75) is 13.0 Å². The fraction of sp³-hybridized carbons (Fsp3) is 0.150. The van der Waals surface area contributed by atoms with Gasteiger partial charge in [-0.1, -0.05) is 37.3 Å².